The predicted octanol–water partition coefficient (Wildman–Crippen LogP) is 0.558. The van der Waals surface area contributed by atoms with Crippen LogP contribution in [-0.2, 0) is 6.42 Å². The van der Waals surface area contributed by atoms with Gasteiger partial charge in [0.05, 0.1) is 6.61 Å². The highest BCUT2D eigenvalue weighted by Crippen LogP contribution is 2.18. The van der Waals surface area contributed by atoms with Gasteiger partial charge in [0.15, 0.2) is 0 Å². The standard InChI is InChI=1S/C11H22N4O2/c1-3-9(4-2)15(7-8-16)11-14-13-10(17-11)5-6-12/h9,16H,3-8,12H2,1-2H3. The van der Waals surface area contributed by atoms with Crippen molar-refractivity contribution < 1.29 is 9.52 Å². The fourth-order valence-corrected chi connectivity index (χ4v) is 1.86. The van der Waals surface area contributed by atoms with Crippen LogP contribution in [-0.4, -0.2) is 41.0 Å². The molecule has 6 nitrogen and oxygen atoms in total. The lowest BCUT2D eigenvalue weighted by Crippen LogP contribution is -2.37. The minimum absolute atomic E-state index is 0.0745. The van der Waals surface area contributed by atoms with Crippen LogP contribution in [0, 0.1) is 0 Å². The van der Waals surface area contributed by atoms with Gasteiger partial charge in [-0.25, -0.2) is 0 Å². The van der Waals surface area contributed by atoms with Gasteiger partial charge in [-0.3, -0.25) is 0 Å². The fraction of sp³-hybridized carbons (Fsp3) is 0.818. The van der Waals surface area contributed by atoms with Crippen molar-refractivity contribution in [1.82, 2.24) is 10.2 Å². The number of nitrogens with two attached hydrogens (primary N) is 1. The van der Waals surface area contributed by atoms with E-state index in [9.17, 15) is 0 Å². The van der Waals surface area contributed by atoms with Crippen molar-refractivity contribution in [2.24, 2.45) is 5.73 Å². The number of hydrogen-bond acceptors (Lipinski definition) is 6. The number of aromatic nitrogens is 2. The summed E-state index contributed by atoms with van der Waals surface area (Å²) in [7, 11) is 0. The normalized spacial score (nSPS) is 11.1. The maximum absolute atomic E-state index is 9.10. The van der Waals surface area contributed by atoms with Gasteiger partial charge in [0, 0.05) is 25.6 Å². The van der Waals surface area contributed by atoms with E-state index in [4.69, 9.17) is 15.3 Å². The van der Waals surface area contributed by atoms with Crippen LogP contribution in [0.2, 0.25) is 0 Å². The molecule has 6 heteroatoms. The molecule has 0 aliphatic carbocycles. The monoisotopic (exact) mass is 242 g/mol. The Morgan fingerprint density at radius 1 is 1.35 bits per heavy atom. The van der Waals surface area contributed by atoms with E-state index in [1.807, 2.05) is 4.90 Å². The van der Waals surface area contributed by atoms with Crippen LogP contribution < -0.4 is 10.6 Å². The van der Waals surface area contributed by atoms with Crippen molar-refractivity contribution in [2.75, 3.05) is 24.6 Å². The lowest BCUT2D eigenvalue weighted by molar-refractivity contribution is 0.290. The number of hydrogen-bond donors (Lipinski definition) is 2. The Bertz CT molecular complexity index is 312. The van der Waals surface area contributed by atoms with Gasteiger partial charge in [-0.1, -0.05) is 18.9 Å². The zero-order valence-electron chi connectivity index (χ0n) is 10.6. The van der Waals surface area contributed by atoms with E-state index >= 15 is 0 Å². The van der Waals surface area contributed by atoms with Gasteiger partial charge in [0.25, 0.3) is 0 Å². The highest BCUT2D eigenvalue weighted by molar-refractivity contribution is 5.26. The second-order valence-electron chi connectivity index (χ2n) is 3.90. The van der Waals surface area contributed by atoms with E-state index < -0.39 is 0 Å². The summed E-state index contributed by atoms with van der Waals surface area (Å²) in [6.45, 7) is 5.29. The molecule has 1 aromatic heterocycles. The van der Waals surface area contributed by atoms with Crippen molar-refractivity contribution in [1.29, 1.82) is 0 Å². The van der Waals surface area contributed by atoms with Gasteiger partial charge in [0.2, 0.25) is 5.89 Å². The molecule has 0 saturated heterocycles. The Morgan fingerprint density at radius 3 is 2.59 bits per heavy atom. The van der Waals surface area contributed by atoms with Crippen LogP contribution in [0.15, 0.2) is 4.42 Å². The quantitative estimate of drug-likeness (QED) is 0.692. The first-order valence-corrected chi connectivity index (χ1v) is 6.16. The minimum atomic E-state index is 0.0745. The second-order valence-corrected chi connectivity index (χ2v) is 3.90. The van der Waals surface area contributed by atoms with Gasteiger partial charge in [-0.2, -0.15) is 0 Å². The predicted molar refractivity (Wildman–Crippen MR) is 65.9 cm³/mol. The summed E-state index contributed by atoms with van der Waals surface area (Å²) in [5.41, 5.74) is 5.44. The molecule has 1 heterocycles. The smallest absolute Gasteiger partial charge is 0.318 e. The Labute approximate surface area is 102 Å². The molecule has 0 bridgehead atoms. The van der Waals surface area contributed by atoms with Crippen LogP contribution in [0.1, 0.15) is 32.6 Å². The topological polar surface area (TPSA) is 88.4 Å². The van der Waals surface area contributed by atoms with Crippen molar-refractivity contribution >= 4 is 6.01 Å². The van der Waals surface area contributed by atoms with Crippen molar-refractivity contribution in [2.45, 2.75) is 39.2 Å². The van der Waals surface area contributed by atoms with Crippen molar-refractivity contribution in [3.8, 4) is 0 Å². The Kier molecular flexibility index (Phi) is 5.93. The fourth-order valence-electron chi connectivity index (χ4n) is 1.86. The van der Waals surface area contributed by atoms with E-state index in [0.29, 0.717) is 37.5 Å². The Morgan fingerprint density at radius 2 is 2.06 bits per heavy atom. The first-order chi connectivity index (χ1) is 8.26. The van der Waals surface area contributed by atoms with E-state index in [2.05, 4.69) is 24.0 Å². The highest BCUT2D eigenvalue weighted by atomic mass is 16.4. The average Bonchev–Trinajstić information content (AvgIpc) is 2.78. The molecule has 0 aliphatic heterocycles. The van der Waals surface area contributed by atoms with Crippen molar-refractivity contribution in [3.05, 3.63) is 5.89 Å². The first kappa shape index (κ1) is 13.9. The highest BCUT2D eigenvalue weighted by Gasteiger charge is 2.20. The molecule has 17 heavy (non-hydrogen) atoms. The van der Waals surface area contributed by atoms with E-state index in [1.54, 1.807) is 0 Å². The van der Waals surface area contributed by atoms with Crippen molar-refractivity contribution in [3.63, 3.8) is 0 Å². The third-order valence-electron chi connectivity index (χ3n) is 2.78. The summed E-state index contributed by atoms with van der Waals surface area (Å²) in [4.78, 5) is 1.97. The number of rotatable bonds is 8. The maximum Gasteiger partial charge on any atom is 0.318 e. The molecule has 0 saturated carbocycles. The summed E-state index contributed by atoms with van der Waals surface area (Å²) < 4.78 is 5.54. The molecule has 0 aromatic carbocycles. The molecule has 0 radical (unpaired) electrons. The van der Waals surface area contributed by atoms with Crippen LogP contribution in [0.5, 0.6) is 0 Å². The summed E-state index contributed by atoms with van der Waals surface area (Å²) in [6.07, 6.45) is 2.54. The minimum Gasteiger partial charge on any atom is -0.408 e. The molecule has 1 rings (SSSR count). The molecule has 0 unspecified atom stereocenters. The van der Waals surface area contributed by atoms with Crippen LogP contribution in [0.25, 0.3) is 0 Å². The van der Waals surface area contributed by atoms with E-state index in [0.717, 1.165) is 12.8 Å². The molecule has 0 spiro atoms. The first-order valence-electron chi connectivity index (χ1n) is 6.16. The van der Waals surface area contributed by atoms with E-state index in [1.165, 1.54) is 0 Å². The Hall–Kier alpha value is -1.14. The lowest BCUT2D eigenvalue weighted by Gasteiger charge is -2.27. The molecule has 0 amide bonds. The lowest BCUT2D eigenvalue weighted by atomic mass is 10.1. The van der Waals surface area contributed by atoms with Gasteiger partial charge in [0.1, 0.15) is 0 Å². The molecule has 1 aromatic rings. The second kappa shape index (κ2) is 7.24. The number of aliphatic hydroxyl groups excluding tert-OH is 1. The summed E-state index contributed by atoms with van der Waals surface area (Å²) >= 11 is 0. The summed E-state index contributed by atoms with van der Waals surface area (Å²) in [5, 5.41) is 17.0. The number of aliphatic hydroxyl groups is 1. The van der Waals surface area contributed by atoms with Crippen LogP contribution in [0.3, 0.4) is 0 Å². The molecule has 0 aliphatic rings. The van der Waals surface area contributed by atoms with Crippen LogP contribution in [0.4, 0.5) is 6.01 Å². The van der Waals surface area contributed by atoms with Crippen LogP contribution >= 0.6 is 0 Å². The van der Waals surface area contributed by atoms with Gasteiger partial charge < -0.3 is 20.2 Å². The molecular weight excluding hydrogens is 220 g/mol. The molecule has 0 fully saturated rings. The van der Waals surface area contributed by atoms with Gasteiger partial charge in [-0.05, 0) is 12.8 Å². The number of anilines is 1. The Balaban J connectivity index is 2.80. The third-order valence-corrected chi connectivity index (χ3v) is 2.78. The molecular formula is C11H22N4O2. The molecule has 0 atom stereocenters. The zero-order valence-corrected chi connectivity index (χ0v) is 10.6. The zero-order chi connectivity index (χ0) is 12.7. The summed E-state index contributed by atoms with van der Waals surface area (Å²) in [6, 6.07) is 0.796. The SMILES string of the molecule is CCC(CC)N(CCO)c1nnc(CCN)o1. The third kappa shape index (κ3) is 3.67. The van der Waals surface area contributed by atoms with Gasteiger partial charge >= 0.3 is 6.01 Å². The number of nitrogens with zero attached hydrogens (tertiary/aromatic N) is 3. The average molecular weight is 242 g/mol. The van der Waals surface area contributed by atoms with E-state index in [-0.39, 0.29) is 6.61 Å². The maximum atomic E-state index is 9.10. The summed E-state index contributed by atoms with van der Waals surface area (Å²) in [5.74, 6) is 0.552. The molecule has 3 N–H and O–H groups in total. The van der Waals surface area contributed by atoms with Gasteiger partial charge in [-0.15, -0.1) is 5.10 Å². The largest absolute Gasteiger partial charge is 0.408 e. The molecule has 98 valence electrons.